The number of amides is 12. The zero-order valence-corrected chi connectivity index (χ0v) is 61.0. The van der Waals surface area contributed by atoms with Gasteiger partial charge in [-0.2, -0.15) is 13.2 Å². The molecular weight excluding hydrogens is 1280 g/mol. The fourth-order valence-corrected chi connectivity index (χ4v) is 12.8. The molecule has 28 heteroatoms. The number of likely N-dealkylation sites (N-methyl/N-ethyl adjacent to an activating group) is 7. The first kappa shape index (κ1) is 83.0. The average molecular weight is 1390 g/mol. The molecule has 0 bridgehead atoms. The van der Waals surface area contributed by atoms with Gasteiger partial charge in [-0.05, 0) is 119 Å². The van der Waals surface area contributed by atoms with E-state index in [2.05, 4.69) is 21.3 Å². The second-order valence-corrected chi connectivity index (χ2v) is 29.2. The molecule has 1 saturated carbocycles. The Bertz CT molecular complexity index is 2970. The summed E-state index contributed by atoms with van der Waals surface area (Å²) in [6.45, 7) is 16.1. The number of rotatable bonds is 14. The predicted octanol–water partition coefficient (Wildman–Crippen LogP) is 5.38. The second kappa shape index (κ2) is 37.1. The van der Waals surface area contributed by atoms with E-state index >= 15 is 4.79 Å². The summed E-state index contributed by atoms with van der Waals surface area (Å²) in [6.07, 6.45) is 0.802. The van der Waals surface area contributed by atoms with Crippen LogP contribution in [0.4, 0.5) is 17.6 Å². The molecule has 2 saturated heterocycles. The molecule has 552 valence electrons. The Morgan fingerprint density at radius 2 is 1.12 bits per heavy atom. The van der Waals surface area contributed by atoms with Crippen molar-refractivity contribution < 1.29 is 75.1 Å². The zero-order chi connectivity index (χ0) is 74.0. The monoisotopic (exact) mass is 1390 g/mol. The van der Waals surface area contributed by atoms with Crippen LogP contribution in [0.3, 0.4) is 0 Å². The zero-order valence-electron chi connectivity index (χ0n) is 61.0. The van der Waals surface area contributed by atoms with Gasteiger partial charge in [0.2, 0.25) is 70.9 Å². The number of hydrogen-bond donors (Lipinski definition) is 4. The highest BCUT2D eigenvalue weighted by molar-refractivity contribution is 6.00. The van der Waals surface area contributed by atoms with E-state index in [4.69, 9.17) is 0 Å². The molecule has 0 spiro atoms. The predicted molar refractivity (Wildman–Crippen MR) is 361 cm³/mol. The lowest BCUT2D eigenvalue weighted by atomic mass is 9.84. The van der Waals surface area contributed by atoms with Crippen molar-refractivity contribution in [2.24, 2.45) is 29.6 Å². The summed E-state index contributed by atoms with van der Waals surface area (Å²) in [7, 11) is 9.54. The van der Waals surface area contributed by atoms with Crippen LogP contribution in [0, 0.1) is 35.4 Å². The van der Waals surface area contributed by atoms with Crippen molar-refractivity contribution in [3.05, 3.63) is 35.1 Å². The van der Waals surface area contributed by atoms with Crippen LogP contribution >= 0.6 is 0 Å². The summed E-state index contributed by atoms with van der Waals surface area (Å²) in [5.74, 6) is -11.6. The number of halogens is 4. The maximum absolute atomic E-state index is 15.1. The Hall–Kier alpha value is -7.42. The summed E-state index contributed by atoms with van der Waals surface area (Å²) in [6, 6.07) is -7.14. The van der Waals surface area contributed by atoms with Crippen LogP contribution in [0.25, 0.3) is 0 Å². The van der Waals surface area contributed by atoms with Gasteiger partial charge in [0.1, 0.15) is 53.6 Å². The van der Waals surface area contributed by atoms with Crippen LogP contribution in [0.15, 0.2) is 18.2 Å². The Morgan fingerprint density at radius 3 is 1.67 bits per heavy atom. The van der Waals surface area contributed by atoms with Gasteiger partial charge in [-0.25, -0.2) is 4.39 Å². The minimum Gasteiger partial charge on any atom is -0.343 e. The van der Waals surface area contributed by atoms with Crippen molar-refractivity contribution in [2.75, 3.05) is 82.1 Å². The van der Waals surface area contributed by atoms with Crippen LogP contribution in [0.5, 0.6) is 0 Å². The van der Waals surface area contributed by atoms with Crippen LogP contribution in [-0.2, 0) is 70.1 Å². The first-order valence-corrected chi connectivity index (χ1v) is 34.8. The molecule has 2 heterocycles. The van der Waals surface area contributed by atoms with Crippen LogP contribution < -0.4 is 21.3 Å². The molecule has 8 atom stereocenters. The SMILES string of the molecule is CC[C@H](C)[C@@H]1NC(=O)[C@H](CC(C)C)N(C)C(=O)CC(C(=O)N2CCCCC2)N(C)C(=O)[C@H](CC(C)C)NC(=O)C(C)(C)N(C)C(=O)[C@H](CC(C)C)NC(=O)[C@H](CCc2ccc(C(F)(F)F)c(F)c2)NC(=O)CN(C)C(=O)[C@H](CC2CCCCC2)N(C)C(=O)CN(C)C(=O)CN(C)C1=O. The quantitative estimate of drug-likeness (QED) is 0.171. The summed E-state index contributed by atoms with van der Waals surface area (Å²) in [4.78, 5) is 186. The summed E-state index contributed by atoms with van der Waals surface area (Å²) in [5, 5.41) is 11.0. The second-order valence-electron chi connectivity index (χ2n) is 29.2. The molecule has 0 radical (unpaired) electrons. The number of nitrogens with one attached hydrogen (secondary N) is 4. The normalized spacial score (nSPS) is 24.9. The van der Waals surface area contributed by atoms with Gasteiger partial charge in [-0.15, -0.1) is 0 Å². The van der Waals surface area contributed by atoms with Gasteiger partial charge < -0.3 is 60.5 Å². The van der Waals surface area contributed by atoms with Gasteiger partial charge in [0.15, 0.2) is 0 Å². The minimum absolute atomic E-state index is 0.00973. The van der Waals surface area contributed by atoms with E-state index in [-0.39, 0.29) is 67.8 Å². The number of carbonyl (C=O) groups excluding carboxylic acids is 12. The molecule has 98 heavy (non-hydrogen) atoms. The molecular formula is C70H112F4N12O12. The Labute approximate surface area is 577 Å². The first-order valence-electron chi connectivity index (χ1n) is 34.8. The molecule has 4 N–H and O–H groups in total. The molecule has 2 aliphatic heterocycles. The fraction of sp³-hybridized carbons (Fsp3) is 0.743. The third kappa shape index (κ3) is 23.4. The van der Waals surface area contributed by atoms with Crippen molar-refractivity contribution >= 4 is 70.9 Å². The molecule has 1 unspecified atom stereocenters. The van der Waals surface area contributed by atoms with E-state index in [1.807, 2.05) is 34.6 Å². The third-order valence-electron chi connectivity index (χ3n) is 19.6. The van der Waals surface area contributed by atoms with E-state index in [1.165, 1.54) is 73.0 Å². The highest BCUT2D eigenvalue weighted by Gasteiger charge is 2.45. The van der Waals surface area contributed by atoms with Crippen molar-refractivity contribution in [3.8, 4) is 0 Å². The van der Waals surface area contributed by atoms with Gasteiger partial charge in [0.25, 0.3) is 0 Å². The Morgan fingerprint density at radius 1 is 0.582 bits per heavy atom. The highest BCUT2D eigenvalue weighted by atomic mass is 19.4. The minimum atomic E-state index is -5.01. The lowest BCUT2D eigenvalue weighted by molar-refractivity contribution is -0.152. The van der Waals surface area contributed by atoms with Crippen molar-refractivity contribution in [1.82, 2.24) is 60.5 Å². The molecule has 1 aliphatic carbocycles. The standard InChI is InChI=1S/C70H112F4N12O12/c1-18-45(8)60-67(97)81(13)40-58(89)79(11)41-59(90)83(15)54(37-46-25-21-19-22-26-46)65(95)80(12)39-56(87)75-50(30-28-47-27-29-48(49(71)36-47)70(72,73)74)61(91)76-52(34-43(4)5)64(94)85(17)69(9,10)68(98)77-51(33-42(2)3)63(93)84(16)55(66(96)86-31-23-20-24-32-86)38-57(88)82(14)53(35-44(6)7)62(92)78-60/h27,29,36,42-46,50-55,60H,18-26,28,30-35,37-41H2,1-17H3,(H,75,87)(H,76,91)(H,77,98)(H,78,92)/t45-,50-,51-,52-,53-,54-,55?,60-/m0/s1. The molecule has 12 amide bonds. The van der Waals surface area contributed by atoms with E-state index in [1.54, 1.807) is 25.7 Å². The number of aryl methyl sites for hydroxylation is 1. The van der Waals surface area contributed by atoms with E-state index in [9.17, 15) is 70.3 Å². The molecule has 1 aromatic carbocycles. The summed E-state index contributed by atoms with van der Waals surface area (Å²) in [5.41, 5.74) is -3.30. The first-order chi connectivity index (χ1) is 45.6. The lowest BCUT2D eigenvalue weighted by Crippen LogP contribution is -2.63. The summed E-state index contributed by atoms with van der Waals surface area (Å²) < 4.78 is 56.0. The Balaban J connectivity index is 1.89. The van der Waals surface area contributed by atoms with Gasteiger partial charge in [-0.1, -0.05) is 100.0 Å². The van der Waals surface area contributed by atoms with Crippen molar-refractivity contribution in [3.63, 3.8) is 0 Å². The molecule has 3 fully saturated rings. The number of nitrogens with zero attached hydrogens (tertiary/aromatic N) is 8. The van der Waals surface area contributed by atoms with Gasteiger partial charge in [0.05, 0.1) is 31.6 Å². The molecule has 1 aromatic rings. The molecule has 24 nitrogen and oxygen atoms in total. The molecule has 0 aromatic heterocycles. The topological polar surface area (TPSA) is 279 Å². The molecule has 4 rings (SSSR count). The number of hydrogen-bond acceptors (Lipinski definition) is 12. The average Bonchev–Trinajstić information content (AvgIpc) is 0.819. The summed E-state index contributed by atoms with van der Waals surface area (Å²) >= 11 is 0. The van der Waals surface area contributed by atoms with Crippen LogP contribution in [0.2, 0.25) is 0 Å². The maximum Gasteiger partial charge on any atom is 0.419 e. The van der Waals surface area contributed by atoms with Gasteiger partial charge in [0, 0.05) is 62.4 Å². The third-order valence-corrected chi connectivity index (χ3v) is 19.6. The van der Waals surface area contributed by atoms with Crippen molar-refractivity contribution in [2.45, 2.75) is 226 Å². The highest BCUT2D eigenvalue weighted by Crippen LogP contribution is 2.33. The van der Waals surface area contributed by atoms with E-state index in [0.29, 0.717) is 44.5 Å². The number of alkyl halides is 3. The smallest absolute Gasteiger partial charge is 0.343 e. The van der Waals surface area contributed by atoms with Crippen LogP contribution in [-0.4, -0.2) is 240 Å². The Kier molecular flexibility index (Phi) is 31.5. The largest absolute Gasteiger partial charge is 0.419 e. The van der Waals surface area contributed by atoms with Crippen LogP contribution in [0.1, 0.15) is 177 Å². The lowest BCUT2D eigenvalue weighted by Gasteiger charge is -2.39. The fourth-order valence-electron chi connectivity index (χ4n) is 12.8. The van der Waals surface area contributed by atoms with Gasteiger partial charge in [-0.3, -0.25) is 57.5 Å². The van der Waals surface area contributed by atoms with Gasteiger partial charge >= 0.3 is 6.18 Å². The van der Waals surface area contributed by atoms with E-state index in [0.717, 1.165) is 69.1 Å². The number of likely N-dealkylation sites (tertiary alicyclic amines) is 1. The van der Waals surface area contributed by atoms with Crippen molar-refractivity contribution in [1.29, 1.82) is 0 Å². The number of carbonyl (C=O) groups is 12. The number of benzene rings is 1. The molecule has 3 aliphatic rings. The van der Waals surface area contributed by atoms with E-state index < -0.39 is 168 Å². The maximum atomic E-state index is 15.1. The number of piperidine rings is 1.